The molecule has 1 saturated heterocycles. The summed E-state index contributed by atoms with van der Waals surface area (Å²) in [6.45, 7) is 3.17. The maximum atomic E-state index is 11.4. The van der Waals surface area contributed by atoms with Gasteiger partial charge in [-0.25, -0.2) is 4.79 Å². The smallest absolute Gasteiger partial charge is 0.317 e. The highest BCUT2D eigenvalue weighted by atomic mass is 16.5. The number of carbonyl (C=O) groups excluding carboxylic acids is 1. The lowest BCUT2D eigenvalue weighted by Gasteiger charge is -2.18. The van der Waals surface area contributed by atoms with Crippen molar-refractivity contribution in [3.63, 3.8) is 0 Å². The average molecular weight is 279 g/mol. The molecule has 1 aromatic carbocycles. The van der Waals surface area contributed by atoms with E-state index in [-0.39, 0.29) is 6.03 Å². The van der Waals surface area contributed by atoms with Crippen molar-refractivity contribution in [1.82, 2.24) is 15.5 Å². The Bertz CT molecular complexity index is 465. The molecule has 6 nitrogen and oxygen atoms in total. The van der Waals surface area contributed by atoms with Crippen molar-refractivity contribution in [2.75, 3.05) is 40.4 Å². The Kier molecular flexibility index (Phi) is 5.06. The zero-order valence-electron chi connectivity index (χ0n) is 11.9. The third-order valence-corrected chi connectivity index (χ3v) is 3.20. The summed E-state index contributed by atoms with van der Waals surface area (Å²) >= 11 is 0. The quantitative estimate of drug-likeness (QED) is 0.775. The van der Waals surface area contributed by atoms with E-state index in [0.29, 0.717) is 32.0 Å². The molecule has 1 heterocycles. The molecule has 0 aliphatic carbocycles. The maximum absolute atomic E-state index is 11.4. The molecule has 0 aromatic heterocycles. The highest BCUT2D eigenvalue weighted by Gasteiger charge is 2.19. The number of nitrogens with one attached hydrogen (secondary N) is 2. The molecule has 0 unspecified atom stereocenters. The second-order valence-electron chi connectivity index (χ2n) is 4.55. The molecule has 20 heavy (non-hydrogen) atoms. The van der Waals surface area contributed by atoms with E-state index < -0.39 is 0 Å². The Hall–Kier alpha value is -1.95. The molecule has 1 aliphatic heterocycles. The molecule has 2 N–H and O–H groups in total. The van der Waals surface area contributed by atoms with Crippen molar-refractivity contribution in [1.29, 1.82) is 0 Å². The van der Waals surface area contributed by atoms with Crippen LogP contribution in [0.25, 0.3) is 0 Å². The van der Waals surface area contributed by atoms with Gasteiger partial charge in [0.25, 0.3) is 0 Å². The Balaban J connectivity index is 1.98. The summed E-state index contributed by atoms with van der Waals surface area (Å²) in [6.07, 6.45) is 0. The summed E-state index contributed by atoms with van der Waals surface area (Å²) in [5.74, 6) is 1.45. The number of ether oxygens (including phenoxy) is 2. The first-order valence-corrected chi connectivity index (χ1v) is 6.72. The number of nitrogens with zero attached hydrogens (tertiary/aromatic N) is 1. The van der Waals surface area contributed by atoms with Gasteiger partial charge in [0.2, 0.25) is 0 Å². The highest BCUT2D eigenvalue weighted by molar-refractivity contribution is 5.76. The lowest BCUT2D eigenvalue weighted by atomic mass is 10.2. The summed E-state index contributed by atoms with van der Waals surface area (Å²) in [5, 5.41) is 5.87. The summed E-state index contributed by atoms with van der Waals surface area (Å²) in [5.41, 5.74) is 1.04. The normalized spacial score (nSPS) is 14.3. The van der Waals surface area contributed by atoms with E-state index in [1.54, 1.807) is 12.0 Å². The Labute approximate surface area is 119 Å². The van der Waals surface area contributed by atoms with Gasteiger partial charge in [0, 0.05) is 25.2 Å². The second kappa shape index (κ2) is 7.00. The first-order chi connectivity index (χ1) is 9.76. The van der Waals surface area contributed by atoms with Gasteiger partial charge in [-0.1, -0.05) is 12.1 Å². The molecule has 2 amide bonds. The molecule has 0 atom stereocenters. The molecule has 0 bridgehead atoms. The standard InChI is InChI=1S/C14H21N3O3/c1-15-10-11-4-3-5-12(19-2)13(11)20-9-8-17-7-6-16-14(17)18/h3-5,15H,6-10H2,1-2H3,(H,16,18). The summed E-state index contributed by atoms with van der Waals surface area (Å²) in [4.78, 5) is 13.2. The Morgan fingerprint density at radius 3 is 2.95 bits per heavy atom. The number of hydrogen-bond donors (Lipinski definition) is 2. The number of carbonyl (C=O) groups is 1. The second-order valence-corrected chi connectivity index (χ2v) is 4.55. The van der Waals surface area contributed by atoms with Gasteiger partial charge in [-0.3, -0.25) is 0 Å². The van der Waals surface area contributed by atoms with Crippen LogP contribution in [0.4, 0.5) is 4.79 Å². The first kappa shape index (κ1) is 14.5. The fourth-order valence-electron chi connectivity index (χ4n) is 2.20. The molecule has 1 fully saturated rings. The summed E-state index contributed by atoms with van der Waals surface area (Å²) < 4.78 is 11.2. The van der Waals surface area contributed by atoms with Crippen molar-refractivity contribution in [2.24, 2.45) is 0 Å². The van der Waals surface area contributed by atoms with Crippen molar-refractivity contribution in [3.05, 3.63) is 23.8 Å². The highest BCUT2D eigenvalue weighted by Crippen LogP contribution is 2.30. The van der Waals surface area contributed by atoms with E-state index in [1.807, 2.05) is 25.2 Å². The van der Waals surface area contributed by atoms with Crippen LogP contribution in [0.3, 0.4) is 0 Å². The molecular formula is C14H21N3O3. The van der Waals surface area contributed by atoms with E-state index >= 15 is 0 Å². The summed E-state index contributed by atoms with van der Waals surface area (Å²) in [6, 6.07) is 5.78. The first-order valence-electron chi connectivity index (χ1n) is 6.72. The monoisotopic (exact) mass is 279 g/mol. The number of hydrogen-bond acceptors (Lipinski definition) is 4. The molecular weight excluding hydrogens is 258 g/mol. The van der Waals surface area contributed by atoms with Gasteiger partial charge in [0.15, 0.2) is 11.5 Å². The fraction of sp³-hybridized carbons (Fsp3) is 0.500. The number of benzene rings is 1. The van der Waals surface area contributed by atoms with E-state index in [9.17, 15) is 4.79 Å². The van der Waals surface area contributed by atoms with Crippen LogP contribution in [-0.2, 0) is 6.54 Å². The molecule has 6 heteroatoms. The largest absolute Gasteiger partial charge is 0.493 e. The van der Waals surface area contributed by atoms with Crippen LogP contribution in [-0.4, -0.2) is 51.3 Å². The third-order valence-electron chi connectivity index (χ3n) is 3.20. The van der Waals surface area contributed by atoms with E-state index in [4.69, 9.17) is 9.47 Å². The van der Waals surface area contributed by atoms with Crippen LogP contribution in [0.2, 0.25) is 0 Å². The van der Waals surface area contributed by atoms with Crippen LogP contribution >= 0.6 is 0 Å². The minimum atomic E-state index is -0.0240. The molecule has 110 valence electrons. The minimum absolute atomic E-state index is 0.0240. The van der Waals surface area contributed by atoms with E-state index in [0.717, 1.165) is 17.9 Å². The van der Waals surface area contributed by atoms with Gasteiger partial charge in [0.1, 0.15) is 6.61 Å². The van der Waals surface area contributed by atoms with Gasteiger partial charge in [-0.05, 0) is 13.1 Å². The van der Waals surface area contributed by atoms with Gasteiger partial charge < -0.3 is 25.0 Å². The molecule has 2 rings (SSSR count). The predicted octanol–water partition coefficient (Wildman–Crippen LogP) is 0.819. The van der Waals surface area contributed by atoms with E-state index in [1.165, 1.54) is 0 Å². The number of urea groups is 1. The van der Waals surface area contributed by atoms with Crippen molar-refractivity contribution < 1.29 is 14.3 Å². The number of amides is 2. The molecule has 0 spiro atoms. The number of rotatable bonds is 7. The van der Waals surface area contributed by atoms with Gasteiger partial charge in [0.05, 0.1) is 13.7 Å². The number of para-hydroxylation sites is 1. The van der Waals surface area contributed by atoms with Gasteiger partial charge in [-0.15, -0.1) is 0 Å². The Morgan fingerprint density at radius 2 is 2.30 bits per heavy atom. The van der Waals surface area contributed by atoms with Crippen molar-refractivity contribution >= 4 is 6.03 Å². The van der Waals surface area contributed by atoms with Crippen LogP contribution in [0.5, 0.6) is 11.5 Å². The molecule has 1 aromatic rings. The predicted molar refractivity (Wildman–Crippen MR) is 76.2 cm³/mol. The van der Waals surface area contributed by atoms with Gasteiger partial charge >= 0.3 is 6.03 Å². The Morgan fingerprint density at radius 1 is 1.45 bits per heavy atom. The third kappa shape index (κ3) is 3.33. The lowest BCUT2D eigenvalue weighted by molar-refractivity contribution is 0.200. The molecule has 0 radical (unpaired) electrons. The van der Waals surface area contributed by atoms with Crippen molar-refractivity contribution in [2.45, 2.75) is 6.54 Å². The zero-order valence-corrected chi connectivity index (χ0v) is 11.9. The topological polar surface area (TPSA) is 62.8 Å². The number of methoxy groups -OCH3 is 1. The average Bonchev–Trinajstić information content (AvgIpc) is 2.86. The maximum Gasteiger partial charge on any atom is 0.317 e. The van der Waals surface area contributed by atoms with Crippen molar-refractivity contribution in [3.8, 4) is 11.5 Å². The molecule has 1 aliphatic rings. The zero-order chi connectivity index (χ0) is 14.4. The van der Waals surface area contributed by atoms with Gasteiger partial charge in [-0.2, -0.15) is 0 Å². The minimum Gasteiger partial charge on any atom is -0.493 e. The van der Waals surface area contributed by atoms with Crippen LogP contribution in [0.15, 0.2) is 18.2 Å². The molecule has 0 saturated carbocycles. The fourth-order valence-corrected chi connectivity index (χ4v) is 2.20. The summed E-state index contributed by atoms with van der Waals surface area (Å²) in [7, 11) is 3.51. The van der Waals surface area contributed by atoms with E-state index in [2.05, 4.69) is 10.6 Å². The lowest BCUT2D eigenvalue weighted by Crippen LogP contribution is -2.32. The van der Waals surface area contributed by atoms with Crippen LogP contribution in [0, 0.1) is 0 Å². The van der Waals surface area contributed by atoms with Crippen LogP contribution in [0.1, 0.15) is 5.56 Å². The SMILES string of the molecule is CNCc1cccc(OC)c1OCCN1CCNC1=O. The van der Waals surface area contributed by atoms with Crippen LogP contribution < -0.4 is 20.1 Å².